The minimum atomic E-state index is -3.56. The van der Waals surface area contributed by atoms with E-state index in [-0.39, 0.29) is 11.8 Å². The van der Waals surface area contributed by atoms with Crippen molar-refractivity contribution in [1.82, 2.24) is 4.72 Å². The standard InChI is InChI=1S/C18H19Cl2NO3S/c1-18(2)10-16(13-5-3-4-6-17(13)24-18)21-25(22,23)11-12-7-8-14(19)15(20)9-12/h3-9,16,21H,10-11H2,1-2H3/t16-/m1/s1. The summed E-state index contributed by atoms with van der Waals surface area (Å²) in [5.74, 6) is 0.546. The van der Waals surface area contributed by atoms with Crippen molar-refractivity contribution in [2.75, 3.05) is 0 Å². The summed E-state index contributed by atoms with van der Waals surface area (Å²) in [6, 6.07) is 12.0. The second-order valence-corrected chi connectivity index (χ2v) is 9.35. The predicted molar refractivity (Wildman–Crippen MR) is 101 cm³/mol. The first-order valence-corrected chi connectivity index (χ1v) is 10.3. The Morgan fingerprint density at radius 1 is 1.16 bits per heavy atom. The summed E-state index contributed by atoms with van der Waals surface area (Å²) in [6.45, 7) is 3.90. The van der Waals surface area contributed by atoms with E-state index in [2.05, 4.69) is 4.72 Å². The number of hydrogen-bond donors (Lipinski definition) is 1. The summed E-state index contributed by atoms with van der Waals surface area (Å²) in [5.41, 5.74) is 0.978. The van der Waals surface area contributed by atoms with Crippen molar-refractivity contribution in [1.29, 1.82) is 0 Å². The Balaban J connectivity index is 1.84. The van der Waals surface area contributed by atoms with E-state index in [1.807, 2.05) is 38.1 Å². The lowest BCUT2D eigenvalue weighted by molar-refractivity contribution is 0.0702. The fraction of sp³-hybridized carbons (Fsp3) is 0.333. The Morgan fingerprint density at radius 2 is 1.88 bits per heavy atom. The molecule has 134 valence electrons. The molecule has 2 aromatic rings. The molecule has 0 saturated heterocycles. The summed E-state index contributed by atoms with van der Waals surface area (Å²) < 4.78 is 34.1. The molecule has 0 aromatic heterocycles. The quantitative estimate of drug-likeness (QED) is 0.809. The Morgan fingerprint density at radius 3 is 2.60 bits per heavy atom. The summed E-state index contributed by atoms with van der Waals surface area (Å²) in [7, 11) is -3.56. The molecule has 2 aromatic carbocycles. The Kier molecular flexibility index (Phi) is 5.04. The first-order chi connectivity index (χ1) is 11.7. The SMILES string of the molecule is CC1(C)C[C@@H](NS(=O)(=O)Cc2ccc(Cl)c(Cl)c2)c2ccccc2O1. The monoisotopic (exact) mass is 399 g/mol. The molecule has 1 N–H and O–H groups in total. The number of para-hydroxylation sites is 1. The van der Waals surface area contributed by atoms with Crippen molar-refractivity contribution in [3.63, 3.8) is 0 Å². The minimum absolute atomic E-state index is 0.163. The van der Waals surface area contributed by atoms with Crippen LogP contribution >= 0.6 is 23.2 Å². The third kappa shape index (κ3) is 4.47. The van der Waals surface area contributed by atoms with E-state index < -0.39 is 15.6 Å². The van der Waals surface area contributed by atoms with Crippen molar-refractivity contribution < 1.29 is 13.2 Å². The van der Waals surface area contributed by atoms with Crippen molar-refractivity contribution >= 4 is 33.2 Å². The Hall–Kier alpha value is -1.27. The highest BCUT2D eigenvalue weighted by molar-refractivity contribution is 7.88. The van der Waals surface area contributed by atoms with E-state index in [0.717, 1.165) is 5.56 Å². The molecule has 1 atom stereocenters. The smallest absolute Gasteiger partial charge is 0.216 e. The van der Waals surface area contributed by atoms with Crippen LogP contribution in [0, 0.1) is 0 Å². The number of ether oxygens (including phenoxy) is 1. The third-order valence-corrected chi connectivity index (χ3v) is 6.13. The van der Waals surface area contributed by atoms with Crippen LogP contribution in [0.15, 0.2) is 42.5 Å². The molecule has 0 spiro atoms. The van der Waals surface area contributed by atoms with Crippen LogP contribution in [0.4, 0.5) is 0 Å². The van der Waals surface area contributed by atoms with Gasteiger partial charge >= 0.3 is 0 Å². The topological polar surface area (TPSA) is 55.4 Å². The maximum atomic E-state index is 12.7. The zero-order chi connectivity index (χ0) is 18.2. The molecule has 1 heterocycles. The van der Waals surface area contributed by atoms with Gasteiger partial charge in [0.05, 0.1) is 21.8 Å². The highest BCUT2D eigenvalue weighted by Gasteiger charge is 2.35. The van der Waals surface area contributed by atoms with Gasteiger partial charge in [0.25, 0.3) is 0 Å². The number of halogens is 2. The maximum absolute atomic E-state index is 12.7. The fourth-order valence-electron chi connectivity index (χ4n) is 3.01. The van der Waals surface area contributed by atoms with E-state index in [4.69, 9.17) is 27.9 Å². The molecule has 0 bridgehead atoms. The molecular formula is C18H19Cl2NO3S. The highest BCUT2D eigenvalue weighted by atomic mass is 35.5. The van der Waals surface area contributed by atoms with Gasteiger partial charge in [-0.2, -0.15) is 0 Å². The molecule has 0 saturated carbocycles. The van der Waals surface area contributed by atoms with Crippen molar-refractivity contribution in [2.24, 2.45) is 0 Å². The molecule has 7 heteroatoms. The number of benzene rings is 2. The van der Waals surface area contributed by atoms with Gasteiger partial charge in [-0.05, 0) is 37.6 Å². The molecule has 0 aliphatic carbocycles. The van der Waals surface area contributed by atoms with Gasteiger partial charge in [0.1, 0.15) is 11.4 Å². The molecular weight excluding hydrogens is 381 g/mol. The summed E-state index contributed by atoms with van der Waals surface area (Å²) in [4.78, 5) is 0. The third-order valence-electron chi connectivity index (χ3n) is 4.04. The fourth-order valence-corrected chi connectivity index (χ4v) is 4.68. The highest BCUT2D eigenvalue weighted by Crippen LogP contribution is 2.39. The predicted octanol–water partition coefficient (Wildman–Crippen LogP) is 4.72. The maximum Gasteiger partial charge on any atom is 0.216 e. The molecule has 1 aliphatic rings. The summed E-state index contributed by atoms with van der Waals surface area (Å²) >= 11 is 11.9. The van der Waals surface area contributed by atoms with Gasteiger partial charge in [0.2, 0.25) is 10.0 Å². The van der Waals surface area contributed by atoms with Gasteiger partial charge < -0.3 is 4.74 Å². The molecule has 0 unspecified atom stereocenters. The first-order valence-electron chi connectivity index (χ1n) is 7.87. The van der Waals surface area contributed by atoms with Gasteiger partial charge in [-0.15, -0.1) is 0 Å². The lowest BCUT2D eigenvalue weighted by Gasteiger charge is -2.37. The van der Waals surface area contributed by atoms with E-state index >= 15 is 0 Å². The largest absolute Gasteiger partial charge is 0.487 e. The number of sulfonamides is 1. The van der Waals surface area contributed by atoms with Gasteiger partial charge in [0, 0.05) is 12.0 Å². The number of rotatable bonds is 4. The molecule has 1 aliphatic heterocycles. The van der Waals surface area contributed by atoms with Crippen molar-refractivity contribution in [2.45, 2.75) is 37.7 Å². The van der Waals surface area contributed by atoms with E-state index in [9.17, 15) is 8.42 Å². The average molecular weight is 400 g/mol. The van der Waals surface area contributed by atoms with Crippen LogP contribution in [0.2, 0.25) is 10.0 Å². The Labute approximate surface area is 158 Å². The van der Waals surface area contributed by atoms with Gasteiger partial charge in [-0.1, -0.05) is 47.5 Å². The van der Waals surface area contributed by atoms with Crippen molar-refractivity contribution in [3.8, 4) is 5.75 Å². The van der Waals surface area contributed by atoms with Crippen LogP contribution in [0.5, 0.6) is 5.75 Å². The zero-order valence-electron chi connectivity index (χ0n) is 13.9. The second-order valence-electron chi connectivity index (χ2n) is 6.78. The normalized spacial score (nSPS) is 19.1. The minimum Gasteiger partial charge on any atom is -0.487 e. The van der Waals surface area contributed by atoms with Crippen LogP contribution in [-0.4, -0.2) is 14.0 Å². The van der Waals surface area contributed by atoms with E-state index in [0.29, 0.717) is 27.8 Å². The van der Waals surface area contributed by atoms with Gasteiger partial charge in [-0.25, -0.2) is 13.1 Å². The number of nitrogens with one attached hydrogen (secondary N) is 1. The Bertz CT molecular complexity index is 897. The molecule has 0 amide bonds. The molecule has 0 radical (unpaired) electrons. The summed E-state index contributed by atoms with van der Waals surface area (Å²) in [6.07, 6.45) is 0.546. The molecule has 3 rings (SSSR count). The molecule has 25 heavy (non-hydrogen) atoms. The first kappa shape index (κ1) is 18.5. The van der Waals surface area contributed by atoms with Crippen LogP contribution in [-0.2, 0) is 15.8 Å². The van der Waals surface area contributed by atoms with Gasteiger partial charge in [0.15, 0.2) is 0 Å². The summed E-state index contributed by atoms with van der Waals surface area (Å²) in [5, 5.41) is 0.739. The molecule has 0 fully saturated rings. The van der Waals surface area contributed by atoms with Crippen LogP contribution in [0.3, 0.4) is 0 Å². The second kappa shape index (κ2) is 6.80. The zero-order valence-corrected chi connectivity index (χ0v) is 16.3. The lowest BCUT2D eigenvalue weighted by Crippen LogP contribution is -2.41. The van der Waals surface area contributed by atoms with E-state index in [1.54, 1.807) is 18.2 Å². The van der Waals surface area contributed by atoms with Crippen LogP contribution < -0.4 is 9.46 Å². The van der Waals surface area contributed by atoms with Crippen LogP contribution in [0.1, 0.15) is 37.4 Å². The van der Waals surface area contributed by atoms with Crippen molar-refractivity contribution in [3.05, 3.63) is 63.6 Å². The lowest BCUT2D eigenvalue weighted by atomic mass is 9.90. The molecule has 4 nitrogen and oxygen atoms in total. The van der Waals surface area contributed by atoms with E-state index in [1.165, 1.54) is 0 Å². The average Bonchev–Trinajstić information content (AvgIpc) is 2.49. The van der Waals surface area contributed by atoms with Gasteiger partial charge in [-0.3, -0.25) is 0 Å². The number of fused-ring (bicyclic) bond motifs is 1. The number of hydrogen-bond acceptors (Lipinski definition) is 3. The van der Waals surface area contributed by atoms with Crippen LogP contribution in [0.25, 0.3) is 0 Å².